The predicted molar refractivity (Wildman–Crippen MR) is 160 cm³/mol. The van der Waals surface area contributed by atoms with Crippen LogP contribution in [-0.4, -0.2) is 117 Å². The maximum Gasteiger partial charge on any atom is 0.232 e. The fourth-order valence-electron chi connectivity index (χ4n) is 5.46. The Morgan fingerprint density at radius 3 is 1.83 bits per heavy atom. The summed E-state index contributed by atoms with van der Waals surface area (Å²) in [6.07, 6.45) is -0.143. The highest BCUT2D eigenvalue weighted by Crippen LogP contribution is 2.44. The van der Waals surface area contributed by atoms with Crippen LogP contribution in [0.5, 0.6) is 0 Å². The van der Waals surface area contributed by atoms with Gasteiger partial charge >= 0.3 is 0 Å². The lowest BCUT2D eigenvalue weighted by Crippen LogP contribution is -2.46. The number of hydrogen-bond acceptors (Lipinski definition) is 17. The second kappa shape index (κ2) is 13.5. The van der Waals surface area contributed by atoms with Gasteiger partial charge in [0.2, 0.25) is 14.7 Å². The van der Waals surface area contributed by atoms with E-state index in [9.17, 15) is 20.2 Å². The summed E-state index contributed by atoms with van der Waals surface area (Å²) >= 11 is 0. The van der Waals surface area contributed by atoms with Gasteiger partial charge in [0.05, 0.1) is 17.4 Å². The SMILES string of the molecule is CO[C@]1(C)C(O)[C@@H](CO)O[C@H]1n1ccc2c(N)ncnc21.CO[C@]1(C)C(O)[C@@H](OOP(O)CO)O[C@H]1n1ccc2c(N)ncnc21. The average Bonchev–Trinajstić information content (AvgIpc) is 3.81. The predicted octanol–water partition coefficient (Wildman–Crippen LogP) is -0.494. The Morgan fingerprint density at radius 1 is 0.848 bits per heavy atom. The minimum atomic E-state index is -2.18. The number of nitrogens with two attached hydrogens (primary N) is 2. The normalized spacial score (nSPS) is 31.8. The van der Waals surface area contributed by atoms with E-state index < -0.39 is 63.0 Å². The molecule has 6 heterocycles. The molecule has 2 aliphatic rings. The van der Waals surface area contributed by atoms with Gasteiger partial charge in [0, 0.05) is 26.6 Å². The van der Waals surface area contributed by atoms with Gasteiger partial charge in [-0.05, 0) is 26.0 Å². The first-order chi connectivity index (χ1) is 21.9. The number of nitrogens with zero attached hydrogens (tertiary/aromatic N) is 6. The summed E-state index contributed by atoms with van der Waals surface area (Å²) in [7, 11) is 0.732. The Labute approximate surface area is 263 Å². The van der Waals surface area contributed by atoms with E-state index in [1.807, 2.05) is 0 Å². The van der Waals surface area contributed by atoms with Gasteiger partial charge in [-0.25, -0.2) is 19.9 Å². The molecule has 0 aromatic carbocycles. The number of aliphatic hydroxyl groups excluding tert-OH is 4. The highest BCUT2D eigenvalue weighted by atomic mass is 31.2. The van der Waals surface area contributed by atoms with Crippen LogP contribution in [0.1, 0.15) is 26.3 Å². The van der Waals surface area contributed by atoms with Crippen molar-refractivity contribution in [1.29, 1.82) is 0 Å². The van der Waals surface area contributed by atoms with E-state index in [2.05, 4.69) is 24.6 Å². The molecular weight excluding hydrogens is 631 g/mol. The first kappa shape index (κ1) is 34.2. The Morgan fingerprint density at radius 2 is 1.35 bits per heavy atom. The van der Waals surface area contributed by atoms with Crippen LogP contribution in [0.25, 0.3) is 22.1 Å². The van der Waals surface area contributed by atoms with E-state index in [1.54, 1.807) is 47.5 Å². The highest BCUT2D eigenvalue weighted by Gasteiger charge is 2.57. The molecule has 9 atom stereocenters. The molecule has 6 rings (SSSR count). The quantitative estimate of drug-likeness (QED) is 0.0673. The molecule has 2 saturated heterocycles. The molecule has 4 aromatic heterocycles. The number of methoxy groups -OCH3 is 2. The van der Waals surface area contributed by atoms with Crippen molar-refractivity contribution in [2.75, 3.05) is 38.6 Å². The lowest BCUT2D eigenvalue weighted by molar-refractivity contribution is -0.332. The summed E-state index contributed by atoms with van der Waals surface area (Å²) in [4.78, 5) is 30.5. The summed E-state index contributed by atoms with van der Waals surface area (Å²) in [6, 6.07) is 3.50. The summed E-state index contributed by atoms with van der Waals surface area (Å²) in [5, 5.41) is 40.3. The Balaban J connectivity index is 0.000000184. The fourth-order valence-corrected chi connectivity index (χ4v) is 5.69. The van der Waals surface area contributed by atoms with Gasteiger partial charge in [0.25, 0.3) is 0 Å². The molecule has 2 aliphatic heterocycles. The largest absolute Gasteiger partial charge is 0.394 e. The Bertz CT molecular complexity index is 1650. The molecule has 46 heavy (non-hydrogen) atoms. The third-order valence-corrected chi connectivity index (χ3v) is 8.82. The van der Waals surface area contributed by atoms with Crippen molar-refractivity contribution < 1.29 is 53.8 Å². The van der Waals surface area contributed by atoms with Crippen molar-refractivity contribution in [3.05, 3.63) is 37.2 Å². The molecule has 0 spiro atoms. The number of fused-ring (bicyclic) bond motifs is 2. The molecule has 0 saturated carbocycles. The summed E-state index contributed by atoms with van der Waals surface area (Å²) in [6.45, 7) is 3.07. The Kier molecular flexibility index (Phi) is 10.0. The molecule has 9 N–H and O–H groups in total. The van der Waals surface area contributed by atoms with Gasteiger partial charge in [-0.2, -0.15) is 9.56 Å². The van der Waals surface area contributed by atoms with E-state index in [0.717, 1.165) is 0 Å². The summed E-state index contributed by atoms with van der Waals surface area (Å²) in [5.74, 6) is 0.682. The van der Waals surface area contributed by atoms with Crippen LogP contribution in [0.4, 0.5) is 11.6 Å². The number of nitrogen functional groups attached to an aromatic ring is 2. The average molecular weight is 669 g/mol. The summed E-state index contributed by atoms with van der Waals surface area (Å²) < 4.78 is 30.4. The molecular formula is C26H37N8O11P. The first-order valence-corrected chi connectivity index (χ1v) is 15.3. The molecule has 3 unspecified atom stereocenters. The molecule has 4 aromatic rings. The standard InChI is InChI=1S/C13H19N4O7P.C13H18N4O4/c1-13(21-2)8(19)11(23-24-25(20)6-18)22-12(13)17-4-3-7-9(14)15-5-16-10(7)17;1-13(20-2)9(19)8(5-18)21-12(13)17-4-3-7-10(14)15-6-16-11(7)17/h3-5,8,11-12,18-20H,6H2,1-2H3,(H2,14,15,16);3-4,6,8-9,12,18-19H,5H2,1-2H3,(H2,14,15,16)/t8?,11-,12-,13-,25?;8-,9?,12-,13-/m11/s1. The third-order valence-electron chi connectivity index (χ3n) is 8.32. The van der Waals surface area contributed by atoms with E-state index >= 15 is 0 Å². The number of rotatable bonds is 9. The van der Waals surface area contributed by atoms with Crippen LogP contribution in [0.2, 0.25) is 0 Å². The van der Waals surface area contributed by atoms with Gasteiger partial charge in [0.1, 0.15) is 71.4 Å². The van der Waals surface area contributed by atoms with Crippen molar-refractivity contribution in [1.82, 2.24) is 29.1 Å². The van der Waals surface area contributed by atoms with Crippen LogP contribution in [-0.2, 0) is 28.5 Å². The topological polar surface area (TPSA) is 270 Å². The van der Waals surface area contributed by atoms with Crippen molar-refractivity contribution in [3.8, 4) is 0 Å². The lowest BCUT2D eigenvalue weighted by Gasteiger charge is -2.31. The number of anilines is 2. The number of aliphatic hydroxyl groups is 4. The molecule has 252 valence electrons. The molecule has 2 fully saturated rings. The molecule has 0 radical (unpaired) electrons. The van der Waals surface area contributed by atoms with Crippen LogP contribution < -0.4 is 11.5 Å². The van der Waals surface area contributed by atoms with Crippen molar-refractivity contribution in [3.63, 3.8) is 0 Å². The van der Waals surface area contributed by atoms with Crippen molar-refractivity contribution in [2.24, 2.45) is 0 Å². The summed E-state index contributed by atoms with van der Waals surface area (Å²) in [5.41, 5.74) is 10.5. The minimum absolute atomic E-state index is 0.299. The fraction of sp³-hybridized carbons (Fsp3) is 0.538. The number of hydrogen-bond donors (Lipinski definition) is 7. The van der Waals surface area contributed by atoms with Crippen LogP contribution in [0.15, 0.2) is 37.2 Å². The molecule has 0 aliphatic carbocycles. The van der Waals surface area contributed by atoms with E-state index in [4.69, 9.17) is 40.4 Å². The first-order valence-electron chi connectivity index (χ1n) is 13.9. The van der Waals surface area contributed by atoms with Crippen LogP contribution >= 0.6 is 8.38 Å². The smallest absolute Gasteiger partial charge is 0.232 e. The number of ether oxygens (including phenoxy) is 4. The maximum atomic E-state index is 10.5. The second-order valence-corrected chi connectivity index (χ2v) is 12.0. The Hall–Kier alpha value is -3.17. The van der Waals surface area contributed by atoms with Crippen LogP contribution in [0, 0.1) is 0 Å². The van der Waals surface area contributed by atoms with Gasteiger partial charge in [0.15, 0.2) is 12.5 Å². The molecule has 20 heteroatoms. The zero-order valence-corrected chi connectivity index (χ0v) is 26.2. The molecule has 0 amide bonds. The number of aromatic nitrogens is 6. The maximum absolute atomic E-state index is 10.5. The zero-order chi connectivity index (χ0) is 33.4. The van der Waals surface area contributed by atoms with Crippen LogP contribution in [0.3, 0.4) is 0 Å². The highest BCUT2D eigenvalue weighted by molar-refractivity contribution is 7.45. The van der Waals surface area contributed by atoms with Gasteiger partial charge < -0.3 is 64.9 Å². The minimum Gasteiger partial charge on any atom is -0.394 e. The van der Waals surface area contributed by atoms with Gasteiger partial charge in [-0.3, -0.25) is 0 Å². The van der Waals surface area contributed by atoms with E-state index in [0.29, 0.717) is 33.7 Å². The van der Waals surface area contributed by atoms with Gasteiger partial charge in [-0.15, -0.1) is 0 Å². The third kappa shape index (κ3) is 5.78. The van der Waals surface area contributed by atoms with Crippen molar-refractivity contribution >= 4 is 42.1 Å². The van der Waals surface area contributed by atoms with Crippen molar-refractivity contribution in [2.45, 2.75) is 62.1 Å². The molecule has 0 bridgehead atoms. The molecule has 19 nitrogen and oxygen atoms in total. The van der Waals surface area contributed by atoms with E-state index in [-0.39, 0.29) is 6.61 Å². The second-order valence-electron chi connectivity index (χ2n) is 10.8. The zero-order valence-electron chi connectivity index (χ0n) is 25.3. The van der Waals surface area contributed by atoms with Gasteiger partial charge in [-0.1, -0.05) is 0 Å². The lowest BCUT2D eigenvalue weighted by atomic mass is 9.96. The van der Waals surface area contributed by atoms with E-state index in [1.165, 1.54) is 26.9 Å². The monoisotopic (exact) mass is 668 g/mol.